The summed E-state index contributed by atoms with van der Waals surface area (Å²) >= 11 is 1.71. The molecule has 1 fully saturated rings. The van der Waals surface area contributed by atoms with Gasteiger partial charge in [0, 0.05) is 39.6 Å². The number of amides is 1. The highest BCUT2D eigenvalue weighted by atomic mass is 32.1. The second-order valence-corrected chi connectivity index (χ2v) is 8.97. The Kier molecular flexibility index (Phi) is 5.79. The van der Waals surface area contributed by atoms with Gasteiger partial charge >= 0.3 is 0 Å². The number of rotatable bonds is 6. The Morgan fingerprint density at radius 2 is 1.97 bits per heavy atom. The van der Waals surface area contributed by atoms with Gasteiger partial charge in [-0.25, -0.2) is 0 Å². The van der Waals surface area contributed by atoms with Gasteiger partial charge in [-0.15, -0.1) is 0 Å². The van der Waals surface area contributed by atoms with Crippen LogP contribution in [0, 0.1) is 5.41 Å². The van der Waals surface area contributed by atoms with Gasteiger partial charge in [-0.3, -0.25) is 14.7 Å². The fraction of sp³-hybridized carbons (Fsp3) is 0.333. The minimum absolute atomic E-state index is 0.230. The van der Waals surface area contributed by atoms with E-state index in [2.05, 4.69) is 57.0 Å². The molecule has 4 rings (SSSR count). The molecule has 150 valence electrons. The van der Waals surface area contributed by atoms with Crippen LogP contribution in [0.2, 0.25) is 0 Å². The molecule has 0 spiro atoms. The maximum atomic E-state index is 13.2. The fourth-order valence-electron chi connectivity index (χ4n) is 4.35. The van der Waals surface area contributed by atoms with Gasteiger partial charge in [0.25, 0.3) is 0 Å². The first-order chi connectivity index (χ1) is 14.1. The first kappa shape index (κ1) is 19.8. The molecule has 0 bridgehead atoms. The van der Waals surface area contributed by atoms with Crippen molar-refractivity contribution in [1.82, 2.24) is 14.8 Å². The van der Waals surface area contributed by atoms with Crippen molar-refractivity contribution < 1.29 is 4.79 Å². The Hall–Kier alpha value is -2.50. The van der Waals surface area contributed by atoms with Crippen LogP contribution in [0.4, 0.5) is 0 Å². The molecule has 0 N–H and O–H groups in total. The van der Waals surface area contributed by atoms with Crippen LogP contribution in [0.25, 0.3) is 11.1 Å². The smallest absolute Gasteiger partial charge is 0.229 e. The zero-order valence-corrected chi connectivity index (χ0v) is 17.9. The maximum absolute atomic E-state index is 13.2. The Morgan fingerprint density at radius 1 is 1.14 bits per heavy atom. The summed E-state index contributed by atoms with van der Waals surface area (Å²) in [5.74, 6) is 0.230. The average Bonchev–Trinajstić information content (AvgIpc) is 3.40. The standard InChI is InChI=1S/C24H27N3OS/c1-26(2)23(28)24(10-12-27(18-24)16-20-4-3-11-25-15-20)14-19-5-7-21(8-6-19)22-9-13-29-17-22/h3-9,11,13,15,17H,10,12,14,16,18H2,1-2H3/t24-/m0/s1. The molecule has 3 heterocycles. The van der Waals surface area contributed by atoms with Gasteiger partial charge in [-0.2, -0.15) is 11.3 Å². The molecule has 0 radical (unpaired) electrons. The molecular formula is C24H27N3OS. The van der Waals surface area contributed by atoms with Crippen LogP contribution in [0.1, 0.15) is 17.5 Å². The number of hydrogen-bond acceptors (Lipinski definition) is 4. The van der Waals surface area contributed by atoms with Crippen molar-refractivity contribution in [1.29, 1.82) is 0 Å². The number of carbonyl (C=O) groups is 1. The van der Waals surface area contributed by atoms with Gasteiger partial charge in [0.15, 0.2) is 0 Å². The lowest BCUT2D eigenvalue weighted by molar-refractivity contribution is -0.138. The number of likely N-dealkylation sites (tertiary alicyclic amines) is 1. The molecule has 1 aromatic carbocycles. The molecule has 1 amide bonds. The van der Waals surface area contributed by atoms with Crippen molar-refractivity contribution >= 4 is 17.2 Å². The van der Waals surface area contributed by atoms with Crippen LogP contribution < -0.4 is 0 Å². The summed E-state index contributed by atoms with van der Waals surface area (Å²) in [6.07, 6.45) is 5.37. The second kappa shape index (κ2) is 8.47. The van der Waals surface area contributed by atoms with Crippen molar-refractivity contribution in [2.45, 2.75) is 19.4 Å². The molecule has 29 heavy (non-hydrogen) atoms. The number of thiophene rings is 1. The second-order valence-electron chi connectivity index (χ2n) is 8.19. The molecule has 0 saturated carbocycles. The topological polar surface area (TPSA) is 36.4 Å². The summed E-state index contributed by atoms with van der Waals surface area (Å²) in [5, 5.41) is 4.27. The van der Waals surface area contributed by atoms with E-state index in [-0.39, 0.29) is 11.3 Å². The lowest BCUT2D eigenvalue weighted by Gasteiger charge is -2.31. The number of benzene rings is 1. The first-order valence-electron chi connectivity index (χ1n) is 10.0. The minimum Gasteiger partial charge on any atom is -0.348 e. The van der Waals surface area contributed by atoms with Crippen LogP contribution in [-0.4, -0.2) is 47.9 Å². The molecule has 2 aromatic heterocycles. The van der Waals surface area contributed by atoms with Gasteiger partial charge < -0.3 is 4.90 Å². The van der Waals surface area contributed by atoms with Crippen LogP contribution in [-0.2, 0) is 17.8 Å². The third-order valence-corrected chi connectivity index (χ3v) is 6.46. The van der Waals surface area contributed by atoms with Crippen LogP contribution in [0.5, 0.6) is 0 Å². The van der Waals surface area contributed by atoms with E-state index >= 15 is 0 Å². The first-order valence-corrected chi connectivity index (χ1v) is 10.9. The Bertz CT molecular complexity index is 938. The molecule has 4 nitrogen and oxygen atoms in total. The highest BCUT2D eigenvalue weighted by molar-refractivity contribution is 7.08. The minimum atomic E-state index is -0.365. The van der Waals surface area contributed by atoms with Gasteiger partial charge in [-0.1, -0.05) is 30.3 Å². The summed E-state index contributed by atoms with van der Waals surface area (Å²) < 4.78 is 0. The lowest BCUT2D eigenvalue weighted by atomic mass is 9.79. The quantitative estimate of drug-likeness (QED) is 0.612. The Labute approximate surface area is 176 Å². The van der Waals surface area contributed by atoms with Crippen LogP contribution in [0.15, 0.2) is 65.6 Å². The van der Waals surface area contributed by atoms with Crippen LogP contribution >= 0.6 is 11.3 Å². The van der Waals surface area contributed by atoms with E-state index in [1.54, 1.807) is 22.4 Å². The largest absolute Gasteiger partial charge is 0.348 e. The molecule has 1 aliphatic rings. The van der Waals surface area contributed by atoms with Crippen molar-refractivity contribution in [2.24, 2.45) is 5.41 Å². The molecule has 5 heteroatoms. The van der Waals surface area contributed by atoms with Crippen molar-refractivity contribution in [2.75, 3.05) is 27.2 Å². The van der Waals surface area contributed by atoms with E-state index in [4.69, 9.17) is 0 Å². The number of pyridine rings is 1. The predicted octanol–water partition coefficient (Wildman–Crippen LogP) is 4.33. The van der Waals surface area contributed by atoms with Gasteiger partial charge in [0.1, 0.15) is 0 Å². The normalized spacial score (nSPS) is 19.4. The van der Waals surface area contributed by atoms with Crippen molar-refractivity contribution in [3.05, 3.63) is 76.7 Å². The zero-order chi connectivity index (χ0) is 20.3. The Balaban J connectivity index is 1.52. The van der Waals surface area contributed by atoms with Gasteiger partial charge in [-0.05, 0) is 64.5 Å². The third-order valence-electron chi connectivity index (χ3n) is 5.77. The highest BCUT2D eigenvalue weighted by Crippen LogP contribution is 2.37. The summed E-state index contributed by atoms with van der Waals surface area (Å²) in [6.45, 7) is 2.56. The van der Waals surface area contributed by atoms with Crippen molar-refractivity contribution in [3.8, 4) is 11.1 Å². The van der Waals surface area contributed by atoms with E-state index in [9.17, 15) is 4.79 Å². The zero-order valence-electron chi connectivity index (χ0n) is 17.0. The van der Waals surface area contributed by atoms with E-state index in [0.29, 0.717) is 0 Å². The summed E-state index contributed by atoms with van der Waals surface area (Å²) in [6, 6.07) is 14.9. The Morgan fingerprint density at radius 3 is 2.62 bits per heavy atom. The van der Waals surface area contributed by atoms with E-state index in [1.807, 2.05) is 26.4 Å². The molecule has 0 unspecified atom stereocenters. The number of nitrogens with zero attached hydrogens (tertiary/aromatic N) is 3. The molecule has 0 aliphatic carbocycles. The number of carbonyl (C=O) groups excluding carboxylic acids is 1. The van der Waals surface area contributed by atoms with E-state index in [1.165, 1.54) is 22.3 Å². The van der Waals surface area contributed by atoms with E-state index in [0.717, 1.165) is 32.5 Å². The van der Waals surface area contributed by atoms with E-state index < -0.39 is 0 Å². The molecule has 1 aliphatic heterocycles. The SMILES string of the molecule is CN(C)C(=O)[C@]1(Cc2ccc(-c3ccsc3)cc2)CCN(Cc2cccnc2)C1. The summed E-state index contributed by atoms with van der Waals surface area (Å²) in [5.41, 5.74) is 4.54. The van der Waals surface area contributed by atoms with Gasteiger partial charge in [0.2, 0.25) is 5.91 Å². The average molecular weight is 406 g/mol. The maximum Gasteiger partial charge on any atom is 0.229 e. The molecule has 3 aromatic rings. The molecule has 1 atom stereocenters. The monoisotopic (exact) mass is 405 g/mol. The molecule has 1 saturated heterocycles. The summed E-state index contributed by atoms with van der Waals surface area (Å²) in [4.78, 5) is 21.6. The molecular weight excluding hydrogens is 378 g/mol. The predicted molar refractivity (Wildman–Crippen MR) is 119 cm³/mol. The fourth-order valence-corrected chi connectivity index (χ4v) is 5.01. The van der Waals surface area contributed by atoms with Crippen LogP contribution in [0.3, 0.4) is 0 Å². The highest BCUT2D eigenvalue weighted by Gasteiger charge is 2.45. The number of aromatic nitrogens is 1. The third kappa shape index (κ3) is 4.41. The lowest BCUT2D eigenvalue weighted by Crippen LogP contribution is -2.43. The number of hydrogen-bond donors (Lipinski definition) is 0. The summed E-state index contributed by atoms with van der Waals surface area (Å²) in [7, 11) is 3.74. The van der Waals surface area contributed by atoms with Gasteiger partial charge in [0.05, 0.1) is 5.41 Å². The van der Waals surface area contributed by atoms with Crippen molar-refractivity contribution in [3.63, 3.8) is 0 Å².